The van der Waals surface area contributed by atoms with Crippen LogP contribution >= 0.6 is 11.3 Å². The Hall–Kier alpha value is -3.39. The number of carbonyl (C=O) groups is 2. The molecule has 3 aromatic rings. The first-order valence-corrected chi connectivity index (χ1v) is 8.84. The number of aromatic nitrogens is 1. The van der Waals surface area contributed by atoms with Crippen molar-refractivity contribution < 1.29 is 19.1 Å². The van der Waals surface area contributed by atoms with Crippen molar-refractivity contribution in [3.05, 3.63) is 65.2 Å². The number of hydrazine groups is 1. The number of ether oxygens (including phenoxy) is 2. The van der Waals surface area contributed by atoms with E-state index in [0.29, 0.717) is 27.6 Å². The Labute approximate surface area is 159 Å². The molecule has 0 saturated carbocycles. The summed E-state index contributed by atoms with van der Waals surface area (Å²) in [5, 5.41) is 2.21. The van der Waals surface area contributed by atoms with E-state index in [1.54, 1.807) is 56.0 Å². The van der Waals surface area contributed by atoms with Crippen molar-refractivity contribution in [1.29, 1.82) is 0 Å². The maximum Gasteiger partial charge on any atom is 0.289 e. The van der Waals surface area contributed by atoms with Gasteiger partial charge < -0.3 is 9.47 Å². The average Bonchev–Trinajstić information content (AvgIpc) is 3.21. The smallest absolute Gasteiger partial charge is 0.289 e. The Bertz CT molecular complexity index is 957. The molecule has 2 amide bonds. The summed E-state index contributed by atoms with van der Waals surface area (Å²) in [6, 6.07) is 14.0. The van der Waals surface area contributed by atoms with Crippen molar-refractivity contribution in [3.63, 3.8) is 0 Å². The zero-order chi connectivity index (χ0) is 19.2. The normalized spacial score (nSPS) is 10.1. The van der Waals surface area contributed by atoms with E-state index in [2.05, 4.69) is 15.8 Å². The van der Waals surface area contributed by atoms with Crippen molar-refractivity contribution in [1.82, 2.24) is 15.8 Å². The Morgan fingerprint density at radius 3 is 2.37 bits per heavy atom. The maximum atomic E-state index is 12.3. The van der Waals surface area contributed by atoms with E-state index in [9.17, 15) is 9.59 Å². The van der Waals surface area contributed by atoms with Gasteiger partial charge in [-0.05, 0) is 24.3 Å². The summed E-state index contributed by atoms with van der Waals surface area (Å²) in [4.78, 5) is 28.6. The van der Waals surface area contributed by atoms with Gasteiger partial charge in [-0.25, -0.2) is 4.98 Å². The van der Waals surface area contributed by atoms with Crippen LogP contribution in [0.4, 0.5) is 0 Å². The Morgan fingerprint density at radius 2 is 1.67 bits per heavy atom. The summed E-state index contributed by atoms with van der Waals surface area (Å²) >= 11 is 1.29. The number of nitrogens with zero attached hydrogens (tertiary/aromatic N) is 1. The van der Waals surface area contributed by atoms with E-state index in [4.69, 9.17) is 9.47 Å². The Morgan fingerprint density at radius 1 is 0.926 bits per heavy atom. The summed E-state index contributed by atoms with van der Waals surface area (Å²) in [5.74, 6) is 0.197. The highest BCUT2D eigenvalue weighted by Crippen LogP contribution is 2.38. The van der Waals surface area contributed by atoms with Crippen LogP contribution in [0.15, 0.2) is 53.9 Å². The van der Waals surface area contributed by atoms with E-state index >= 15 is 0 Å². The van der Waals surface area contributed by atoms with Gasteiger partial charge in [-0.1, -0.05) is 24.3 Å². The fourth-order valence-corrected chi connectivity index (χ4v) is 3.22. The van der Waals surface area contributed by atoms with Gasteiger partial charge in [-0.15, -0.1) is 11.3 Å². The number of methoxy groups -OCH3 is 2. The second kappa shape index (κ2) is 8.33. The van der Waals surface area contributed by atoms with E-state index in [0.717, 1.165) is 0 Å². The first kappa shape index (κ1) is 18.4. The molecule has 7 nitrogen and oxygen atoms in total. The van der Waals surface area contributed by atoms with Gasteiger partial charge in [0, 0.05) is 10.9 Å². The number of carbonyl (C=O) groups excluding carboxylic acids is 2. The molecular formula is C19H17N3O4S. The van der Waals surface area contributed by atoms with Gasteiger partial charge in [-0.3, -0.25) is 20.4 Å². The molecule has 0 bridgehead atoms. The number of thiazole rings is 1. The third-order valence-electron chi connectivity index (χ3n) is 3.70. The molecule has 1 aromatic heterocycles. The lowest BCUT2D eigenvalue weighted by Crippen LogP contribution is -2.41. The van der Waals surface area contributed by atoms with Crippen LogP contribution in [0.2, 0.25) is 0 Å². The minimum atomic E-state index is -0.511. The highest BCUT2D eigenvalue weighted by molar-refractivity contribution is 7.13. The van der Waals surface area contributed by atoms with Crippen molar-refractivity contribution >= 4 is 23.2 Å². The van der Waals surface area contributed by atoms with Gasteiger partial charge in [0.2, 0.25) is 0 Å². The Kier molecular flexibility index (Phi) is 5.68. The lowest BCUT2D eigenvalue weighted by molar-refractivity contribution is 0.0844. The van der Waals surface area contributed by atoms with Crippen LogP contribution in [0.3, 0.4) is 0 Å². The summed E-state index contributed by atoms with van der Waals surface area (Å²) in [6.45, 7) is 0. The van der Waals surface area contributed by atoms with Gasteiger partial charge in [0.15, 0.2) is 11.5 Å². The van der Waals surface area contributed by atoms with Gasteiger partial charge >= 0.3 is 0 Å². The summed E-state index contributed by atoms with van der Waals surface area (Å²) in [6.07, 6.45) is 0. The van der Waals surface area contributed by atoms with Gasteiger partial charge in [-0.2, -0.15) is 0 Å². The first-order valence-electron chi connectivity index (χ1n) is 7.96. The molecule has 2 N–H and O–H groups in total. The zero-order valence-electron chi connectivity index (χ0n) is 14.7. The number of hydrogen-bond acceptors (Lipinski definition) is 6. The summed E-state index contributed by atoms with van der Waals surface area (Å²) < 4.78 is 10.7. The monoisotopic (exact) mass is 383 g/mol. The van der Waals surface area contributed by atoms with Crippen molar-refractivity contribution in [2.45, 2.75) is 0 Å². The maximum absolute atomic E-state index is 12.3. The molecule has 0 saturated heterocycles. The predicted octanol–water partition coefficient (Wildman–Crippen LogP) is 2.90. The number of rotatable bonds is 5. The molecule has 2 aromatic carbocycles. The number of hydrogen-bond donors (Lipinski definition) is 2. The van der Waals surface area contributed by atoms with Gasteiger partial charge in [0.1, 0.15) is 10.7 Å². The molecule has 0 spiro atoms. The SMILES string of the molecule is COc1cccc(-c2nc(C(=O)NNC(=O)c3ccccc3)cs2)c1OC. The molecule has 0 atom stereocenters. The molecule has 3 rings (SSSR count). The van der Waals surface area contributed by atoms with Gasteiger partial charge in [0.05, 0.1) is 19.8 Å². The largest absolute Gasteiger partial charge is 0.493 e. The van der Waals surface area contributed by atoms with Crippen molar-refractivity contribution in [3.8, 4) is 22.1 Å². The predicted molar refractivity (Wildman–Crippen MR) is 102 cm³/mol. The highest BCUT2D eigenvalue weighted by Gasteiger charge is 2.17. The highest BCUT2D eigenvalue weighted by atomic mass is 32.1. The van der Waals surface area contributed by atoms with Crippen LogP contribution in [-0.4, -0.2) is 31.0 Å². The second-order valence-electron chi connectivity index (χ2n) is 5.35. The molecule has 1 heterocycles. The standard InChI is InChI=1S/C19H17N3O4S/c1-25-15-10-6-9-13(16(15)26-2)19-20-14(11-27-19)18(24)22-21-17(23)12-7-4-3-5-8-12/h3-11H,1-2H3,(H,21,23)(H,22,24). The second-order valence-corrected chi connectivity index (χ2v) is 6.21. The minimum absolute atomic E-state index is 0.188. The van der Waals surface area contributed by atoms with Crippen LogP contribution in [0.5, 0.6) is 11.5 Å². The van der Waals surface area contributed by atoms with Crippen LogP contribution in [0, 0.1) is 0 Å². The van der Waals surface area contributed by atoms with Gasteiger partial charge in [0.25, 0.3) is 11.8 Å². The lowest BCUT2D eigenvalue weighted by Gasteiger charge is -2.10. The third-order valence-corrected chi connectivity index (χ3v) is 4.57. The van der Waals surface area contributed by atoms with Crippen LogP contribution < -0.4 is 20.3 Å². The molecule has 0 radical (unpaired) electrons. The number of benzene rings is 2. The zero-order valence-corrected chi connectivity index (χ0v) is 15.5. The summed E-state index contributed by atoms with van der Waals surface area (Å²) in [7, 11) is 3.10. The molecule has 8 heteroatoms. The van der Waals surface area contributed by atoms with Crippen molar-refractivity contribution in [2.24, 2.45) is 0 Å². The fraction of sp³-hybridized carbons (Fsp3) is 0.105. The molecule has 0 aliphatic rings. The topological polar surface area (TPSA) is 89.5 Å². The van der Waals surface area contributed by atoms with Crippen LogP contribution in [-0.2, 0) is 0 Å². The third kappa shape index (κ3) is 4.06. The Balaban J connectivity index is 1.72. The molecule has 0 aliphatic heterocycles. The molecule has 138 valence electrons. The van der Waals surface area contributed by atoms with E-state index in [-0.39, 0.29) is 5.69 Å². The lowest BCUT2D eigenvalue weighted by atomic mass is 10.2. The minimum Gasteiger partial charge on any atom is -0.493 e. The first-order chi connectivity index (χ1) is 13.1. The number of amides is 2. The number of nitrogens with one attached hydrogen (secondary N) is 2. The van der Waals surface area contributed by atoms with Crippen LogP contribution in [0.25, 0.3) is 10.6 Å². The molecule has 0 aliphatic carbocycles. The molecule has 0 fully saturated rings. The molecular weight excluding hydrogens is 366 g/mol. The average molecular weight is 383 g/mol. The summed E-state index contributed by atoms with van der Waals surface area (Å²) in [5.41, 5.74) is 6.08. The van der Waals surface area contributed by atoms with E-state index in [1.807, 2.05) is 12.1 Å². The van der Waals surface area contributed by atoms with E-state index < -0.39 is 11.8 Å². The molecule has 27 heavy (non-hydrogen) atoms. The fourth-order valence-electron chi connectivity index (χ4n) is 2.40. The molecule has 0 unspecified atom stereocenters. The number of para-hydroxylation sites is 1. The van der Waals surface area contributed by atoms with E-state index in [1.165, 1.54) is 11.3 Å². The quantitative estimate of drug-likeness (QED) is 0.661. The van der Waals surface area contributed by atoms with Crippen LogP contribution in [0.1, 0.15) is 20.8 Å². The van der Waals surface area contributed by atoms with Crippen molar-refractivity contribution in [2.75, 3.05) is 14.2 Å².